The summed E-state index contributed by atoms with van der Waals surface area (Å²) in [5.41, 5.74) is 4.00. The quantitative estimate of drug-likeness (QED) is 0.327. The molecule has 0 bridgehead atoms. The van der Waals surface area contributed by atoms with E-state index < -0.39 is 6.04 Å². The van der Waals surface area contributed by atoms with Gasteiger partial charge >= 0.3 is 0 Å². The van der Waals surface area contributed by atoms with Crippen molar-refractivity contribution >= 4 is 23.4 Å². The van der Waals surface area contributed by atoms with E-state index in [4.69, 9.17) is 16.3 Å². The highest BCUT2D eigenvalue weighted by molar-refractivity contribution is 6.30. The third-order valence-corrected chi connectivity index (χ3v) is 7.65. The third-order valence-electron chi connectivity index (χ3n) is 7.39. The Morgan fingerprint density at radius 1 is 0.921 bits per heavy atom. The Hall–Kier alpha value is -3.31. The Morgan fingerprint density at radius 3 is 2.34 bits per heavy atom. The van der Waals surface area contributed by atoms with E-state index in [0.29, 0.717) is 17.2 Å². The van der Waals surface area contributed by atoms with Gasteiger partial charge in [0.2, 0.25) is 5.91 Å². The lowest BCUT2D eigenvalue weighted by molar-refractivity contribution is -0.143. The number of nitrogens with one attached hydrogen (secondary N) is 1. The maximum absolute atomic E-state index is 13.8. The average Bonchev–Trinajstić information content (AvgIpc) is 2.93. The molecule has 1 N–H and O–H groups in total. The normalized spacial score (nSPS) is 14.5. The fraction of sp³-hybridized carbons (Fsp3) is 0.375. The van der Waals surface area contributed by atoms with Gasteiger partial charge in [-0.05, 0) is 67.1 Å². The number of ether oxygens (including phenoxy) is 1. The molecule has 1 saturated carbocycles. The van der Waals surface area contributed by atoms with Crippen molar-refractivity contribution in [2.75, 3.05) is 6.61 Å². The number of nitrogens with zero attached hydrogens (tertiary/aromatic N) is 1. The lowest BCUT2D eigenvalue weighted by atomic mass is 9.94. The maximum Gasteiger partial charge on any atom is 0.261 e. The monoisotopic (exact) mass is 532 g/mol. The summed E-state index contributed by atoms with van der Waals surface area (Å²) in [7, 11) is 0. The standard InChI is InChI=1S/C32H37ClN2O3/c1-23-10-9-15-30(24(23)2)38-22-31(36)35(21-26-16-18-27(33)19-17-26)29(20-25-11-5-3-6-12-25)32(37)34-28-13-7-4-8-14-28/h3,5-6,9-12,15-19,28-29H,4,7-8,13-14,20-22H2,1-2H3,(H,34,37). The summed E-state index contributed by atoms with van der Waals surface area (Å²) in [4.78, 5) is 29.3. The molecule has 6 heteroatoms. The molecule has 3 aromatic carbocycles. The van der Waals surface area contributed by atoms with Gasteiger partial charge in [0.25, 0.3) is 5.91 Å². The number of carbonyl (C=O) groups is 2. The molecule has 3 aromatic rings. The van der Waals surface area contributed by atoms with Gasteiger partial charge in [-0.2, -0.15) is 0 Å². The van der Waals surface area contributed by atoms with Crippen LogP contribution in [0.1, 0.15) is 54.4 Å². The Morgan fingerprint density at radius 2 is 1.63 bits per heavy atom. The van der Waals surface area contributed by atoms with Crippen molar-refractivity contribution < 1.29 is 14.3 Å². The first-order chi connectivity index (χ1) is 18.4. The van der Waals surface area contributed by atoms with Crippen molar-refractivity contribution in [3.05, 3.63) is 100 Å². The first-order valence-corrected chi connectivity index (χ1v) is 13.9. The van der Waals surface area contributed by atoms with E-state index in [1.54, 1.807) is 17.0 Å². The molecule has 1 fully saturated rings. The highest BCUT2D eigenvalue weighted by atomic mass is 35.5. The van der Waals surface area contributed by atoms with Crippen LogP contribution in [0.25, 0.3) is 0 Å². The number of hydrogen-bond donors (Lipinski definition) is 1. The van der Waals surface area contributed by atoms with Gasteiger partial charge in [-0.1, -0.05) is 85.5 Å². The molecule has 1 aliphatic rings. The zero-order valence-corrected chi connectivity index (χ0v) is 23.0. The van der Waals surface area contributed by atoms with E-state index in [-0.39, 0.29) is 31.0 Å². The fourth-order valence-corrected chi connectivity index (χ4v) is 5.11. The van der Waals surface area contributed by atoms with Gasteiger partial charge in [0.1, 0.15) is 11.8 Å². The number of halogens is 1. The molecule has 1 atom stereocenters. The van der Waals surface area contributed by atoms with Crippen LogP contribution in [0.2, 0.25) is 5.02 Å². The molecule has 0 aromatic heterocycles. The zero-order valence-electron chi connectivity index (χ0n) is 22.3. The van der Waals surface area contributed by atoms with Gasteiger partial charge in [0.15, 0.2) is 6.61 Å². The summed E-state index contributed by atoms with van der Waals surface area (Å²) in [5.74, 6) is 0.325. The molecule has 38 heavy (non-hydrogen) atoms. The molecule has 1 unspecified atom stereocenters. The lowest BCUT2D eigenvalue weighted by Gasteiger charge is -2.33. The Bertz CT molecular complexity index is 1210. The van der Waals surface area contributed by atoms with Gasteiger partial charge in [-0.3, -0.25) is 9.59 Å². The number of benzene rings is 3. The number of amides is 2. The van der Waals surface area contributed by atoms with E-state index in [2.05, 4.69) is 5.32 Å². The molecule has 0 spiro atoms. The largest absolute Gasteiger partial charge is 0.483 e. The first kappa shape index (κ1) is 27.7. The van der Waals surface area contributed by atoms with E-state index in [9.17, 15) is 9.59 Å². The second-order valence-electron chi connectivity index (χ2n) is 10.2. The Labute approximate surface area is 231 Å². The van der Waals surface area contributed by atoms with Crippen molar-refractivity contribution in [2.24, 2.45) is 0 Å². The molecule has 4 rings (SSSR count). The Kier molecular flexibility index (Phi) is 9.83. The minimum absolute atomic E-state index is 0.116. The van der Waals surface area contributed by atoms with Crippen LogP contribution < -0.4 is 10.1 Å². The molecule has 0 saturated heterocycles. The van der Waals surface area contributed by atoms with Gasteiger partial charge in [0.05, 0.1) is 0 Å². The molecule has 2 amide bonds. The van der Waals surface area contributed by atoms with Crippen molar-refractivity contribution in [3.63, 3.8) is 0 Å². The summed E-state index contributed by atoms with van der Waals surface area (Å²) in [6.45, 7) is 4.13. The van der Waals surface area contributed by atoms with E-state index >= 15 is 0 Å². The molecule has 1 aliphatic carbocycles. The number of aryl methyl sites for hydroxylation is 1. The smallest absolute Gasteiger partial charge is 0.261 e. The Balaban J connectivity index is 1.62. The molecule has 5 nitrogen and oxygen atoms in total. The van der Waals surface area contributed by atoms with E-state index in [1.165, 1.54) is 6.42 Å². The van der Waals surface area contributed by atoms with Crippen molar-refractivity contribution in [2.45, 2.75) is 71.0 Å². The summed E-state index contributed by atoms with van der Waals surface area (Å²) in [6.07, 6.45) is 5.81. The van der Waals surface area contributed by atoms with Crippen LogP contribution in [0.3, 0.4) is 0 Å². The lowest BCUT2D eigenvalue weighted by Crippen LogP contribution is -2.53. The van der Waals surface area contributed by atoms with E-state index in [0.717, 1.165) is 47.9 Å². The minimum Gasteiger partial charge on any atom is -0.483 e. The number of carbonyl (C=O) groups excluding carboxylic acids is 2. The number of hydrogen-bond acceptors (Lipinski definition) is 3. The summed E-state index contributed by atoms with van der Waals surface area (Å²) in [5, 5.41) is 3.89. The van der Waals surface area contributed by atoms with Crippen LogP contribution in [0.4, 0.5) is 0 Å². The second-order valence-corrected chi connectivity index (χ2v) is 10.6. The van der Waals surface area contributed by atoms with Gasteiger partial charge in [-0.15, -0.1) is 0 Å². The number of rotatable bonds is 10. The summed E-state index contributed by atoms with van der Waals surface area (Å²) < 4.78 is 6.00. The van der Waals surface area contributed by atoms with Crippen LogP contribution in [-0.4, -0.2) is 35.4 Å². The van der Waals surface area contributed by atoms with Crippen molar-refractivity contribution in [1.82, 2.24) is 10.2 Å². The molecule has 0 aliphatic heterocycles. The minimum atomic E-state index is -0.676. The van der Waals surface area contributed by atoms with Gasteiger partial charge in [-0.25, -0.2) is 0 Å². The van der Waals surface area contributed by atoms with Crippen LogP contribution in [0.5, 0.6) is 5.75 Å². The van der Waals surface area contributed by atoms with Crippen LogP contribution >= 0.6 is 11.6 Å². The second kappa shape index (κ2) is 13.5. The predicted octanol–water partition coefficient (Wildman–Crippen LogP) is 6.42. The average molecular weight is 533 g/mol. The molecular weight excluding hydrogens is 496 g/mol. The topological polar surface area (TPSA) is 58.6 Å². The third kappa shape index (κ3) is 7.61. The highest BCUT2D eigenvalue weighted by Gasteiger charge is 2.32. The van der Waals surface area contributed by atoms with Gasteiger partial charge in [0, 0.05) is 24.0 Å². The fourth-order valence-electron chi connectivity index (χ4n) is 4.99. The van der Waals surface area contributed by atoms with Crippen molar-refractivity contribution in [3.8, 4) is 5.75 Å². The van der Waals surface area contributed by atoms with Crippen LogP contribution in [0.15, 0.2) is 72.8 Å². The molecule has 0 heterocycles. The van der Waals surface area contributed by atoms with Gasteiger partial charge < -0.3 is 15.0 Å². The maximum atomic E-state index is 13.8. The van der Waals surface area contributed by atoms with E-state index in [1.807, 2.05) is 74.5 Å². The molecule has 0 radical (unpaired) electrons. The van der Waals surface area contributed by atoms with Crippen molar-refractivity contribution in [1.29, 1.82) is 0 Å². The molecule has 200 valence electrons. The SMILES string of the molecule is Cc1cccc(OCC(=O)N(Cc2ccc(Cl)cc2)C(Cc2ccccc2)C(=O)NC2CCCCC2)c1C. The zero-order chi connectivity index (χ0) is 26.9. The summed E-state index contributed by atoms with van der Waals surface area (Å²) >= 11 is 6.12. The first-order valence-electron chi connectivity index (χ1n) is 13.5. The molecular formula is C32H37ClN2O3. The van der Waals surface area contributed by atoms with Crippen LogP contribution in [-0.2, 0) is 22.6 Å². The predicted molar refractivity (Wildman–Crippen MR) is 152 cm³/mol. The summed E-state index contributed by atoms with van der Waals surface area (Å²) in [6, 6.07) is 22.5. The van der Waals surface area contributed by atoms with Crippen LogP contribution in [0, 0.1) is 13.8 Å². The highest BCUT2D eigenvalue weighted by Crippen LogP contribution is 2.23.